The number of hydrogen-bond donors (Lipinski definition) is 2. The number of benzene rings is 2. The summed E-state index contributed by atoms with van der Waals surface area (Å²) in [6.07, 6.45) is -9.46. The second kappa shape index (κ2) is 6.83. The van der Waals surface area contributed by atoms with Crippen molar-refractivity contribution >= 4 is 5.97 Å². The Labute approximate surface area is 158 Å². The molecule has 29 heavy (non-hydrogen) atoms. The monoisotopic (exact) mass is 416 g/mol. The van der Waals surface area contributed by atoms with E-state index in [9.17, 15) is 36.2 Å². The van der Waals surface area contributed by atoms with Crippen LogP contribution in [0.5, 0.6) is 5.75 Å². The second-order valence-electron chi connectivity index (χ2n) is 5.91. The van der Waals surface area contributed by atoms with E-state index in [1.807, 2.05) is 0 Å². The molecule has 0 fully saturated rings. The van der Waals surface area contributed by atoms with Crippen molar-refractivity contribution in [2.24, 2.45) is 0 Å². The Morgan fingerprint density at radius 3 is 2.00 bits per heavy atom. The molecule has 1 heterocycles. The molecule has 0 radical (unpaired) electrons. The molecule has 0 saturated heterocycles. The zero-order chi connectivity index (χ0) is 21.6. The number of halogens is 6. The van der Waals surface area contributed by atoms with Gasteiger partial charge in [0.1, 0.15) is 11.3 Å². The maximum atomic E-state index is 13.1. The summed E-state index contributed by atoms with van der Waals surface area (Å²) in [6.45, 7) is 0. The number of phenols is 1. The number of rotatable bonds is 3. The highest BCUT2D eigenvalue weighted by atomic mass is 19.4. The maximum Gasteiger partial charge on any atom is 0.435 e. The van der Waals surface area contributed by atoms with E-state index >= 15 is 0 Å². The number of carboxylic acid groups (broad SMARTS) is 1. The molecular weight excluding hydrogens is 406 g/mol. The first-order chi connectivity index (χ1) is 13.4. The number of carbonyl (C=O) groups is 1. The van der Waals surface area contributed by atoms with E-state index in [4.69, 9.17) is 5.11 Å². The molecule has 0 atom stereocenters. The van der Waals surface area contributed by atoms with E-state index in [1.54, 1.807) is 0 Å². The van der Waals surface area contributed by atoms with Crippen molar-refractivity contribution in [2.75, 3.05) is 0 Å². The lowest BCUT2D eigenvalue weighted by Crippen LogP contribution is -2.08. The Morgan fingerprint density at radius 1 is 0.897 bits per heavy atom. The predicted molar refractivity (Wildman–Crippen MR) is 87.6 cm³/mol. The minimum absolute atomic E-state index is 0.00259. The summed E-state index contributed by atoms with van der Waals surface area (Å²) < 4.78 is 78.3. The van der Waals surface area contributed by atoms with E-state index in [0.717, 1.165) is 35.0 Å². The summed E-state index contributed by atoms with van der Waals surface area (Å²) in [6, 6.07) is 7.02. The van der Waals surface area contributed by atoms with Crippen molar-refractivity contribution in [2.45, 2.75) is 12.4 Å². The minimum atomic E-state index is -4.84. The first kappa shape index (κ1) is 20.2. The van der Waals surface area contributed by atoms with Gasteiger partial charge in [-0.25, -0.2) is 9.48 Å². The summed E-state index contributed by atoms with van der Waals surface area (Å²) in [5, 5.41) is 22.2. The highest BCUT2D eigenvalue weighted by molar-refractivity contribution is 5.91. The normalized spacial score (nSPS) is 12.2. The van der Waals surface area contributed by atoms with Gasteiger partial charge in [0.25, 0.3) is 0 Å². The zero-order valence-corrected chi connectivity index (χ0v) is 14.1. The third kappa shape index (κ3) is 4.03. The summed E-state index contributed by atoms with van der Waals surface area (Å²) in [5.74, 6) is -2.16. The molecule has 1 aromatic heterocycles. The predicted octanol–water partition coefficient (Wildman–Crippen LogP) is 4.98. The fraction of sp³-hybridized carbons (Fsp3) is 0.111. The van der Waals surface area contributed by atoms with Crippen LogP contribution in [0.15, 0.2) is 48.5 Å². The van der Waals surface area contributed by atoms with E-state index < -0.39 is 40.9 Å². The van der Waals surface area contributed by atoms with Gasteiger partial charge in [-0.05, 0) is 30.3 Å². The van der Waals surface area contributed by atoms with Gasteiger partial charge in [-0.2, -0.15) is 31.4 Å². The summed E-state index contributed by atoms with van der Waals surface area (Å²) in [7, 11) is 0. The van der Waals surface area contributed by atoms with Crippen molar-refractivity contribution in [3.8, 4) is 22.7 Å². The number of nitrogens with zero attached hydrogens (tertiary/aromatic N) is 2. The Hall–Kier alpha value is -3.50. The SMILES string of the molecule is O=C(O)c1ccc(-n2nc(C(F)(F)F)cc2-c2ccc(C(F)(F)F)cc2)cc1O. The molecule has 0 aliphatic heterocycles. The van der Waals surface area contributed by atoms with Crippen LogP contribution in [0, 0.1) is 0 Å². The second-order valence-corrected chi connectivity index (χ2v) is 5.91. The highest BCUT2D eigenvalue weighted by Crippen LogP contribution is 2.35. The third-order valence-electron chi connectivity index (χ3n) is 3.96. The number of carboxylic acids is 1. The molecule has 0 aliphatic rings. The van der Waals surface area contributed by atoms with Crippen molar-refractivity contribution in [3.05, 3.63) is 65.4 Å². The van der Waals surface area contributed by atoms with Crippen LogP contribution in [0.2, 0.25) is 0 Å². The van der Waals surface area contributed by atoms with Gasteiger partial charge in [-0.1, -0.05) is 12.1 Å². The molecule has 152 valence electrons. The topological polar surface area (TPSA) is 75.3 Å². The van der Waals surface area contributed by atoms with Gasteiger partial charge in [0, 0.05) is 11.6 Å². The van der Waals surface area contributed by atoms with Gasteiger partial charge in [0.2, 0.25) is 0 Å². The van der Waals surface area contributed by atoms with Gasteiger partial charge < -0.3 is 10.2 Å². The molecule has 0 spiro atoms. The Balaban J connectivity index is 2.16. The lowest BCUT2D eigenvalue weighted by molar-refractivity contribution is -0.141. The van der Waals surface area contributed by atoms with Gasteiger partial charge in [0.15, 0.2) is 5.69 Å². The smallest absolute Gasteiger partial charge is 0.435 e. The van der Waals surface area contributed by atoms with Crippen molar-refractivity contribution < 1.29 is 41.4 Å². The van der Waals surface area contributed by atoms with Crippen LogP contribution < -0.4 is 0 Å². The van der Waals surface area contributed by atoms with Gasteiger partial charge in [-0.15, -0.1) is 0 Å². The molecular formula is C18H10F6N2O3. The quantitative estimate of drug-likeness (QED) is 0.591. The van der Waals surface area contributed by atoms with Crippen molar-refractivity contribution in [1.29, 1.82) is 0 Å². The van der Waals surface area contributed by atoms with Crippen LogP contribution in [-0.2, 0) is 12.4 Å². The van der Waals surface area contributed by atoms with Crippen LogP contribution in [0.25, 0.3) is 16.9 Å². The zero-order valence-electron chi connectivity index (χ0n) is 14.1. The number of aromatic nitrogens is 2. The Bertz CT molecular complexity index is 1070. The summed E-state index contributed by atoms with van der Waals surface area (Å²) >= 11 is 0. The van der Waals surface area contributed by atoms with Crippen LogP contribution in [0.3, 0.4) is 0 Å². The molecule has 0 bridgehead atoms. The standard InChI is InChI=1S/C18H10F6N2O3/c19-17(20,21)10-3-1-9(2-4-10)13-8-15(18(22,23)24)25-26(13)11-5-6-12(16(28)29)14(27)7-11/h1-8,27H,(H,28,29). The number of hydrogen-bond acceptors (Lipinski definition) is 3. The van der Waals surface area contributed by atoms with Gasteiger partial charge >= 0.3 is 18.3 Å². The Morgan fingerprint density at radius 2 is 1.52 bits per heavy atom. The fourth-order valence-corrected chi connectivity index (χ4v) is 2.58. The van der Waals surface area contributed by atoms with E-state index in [2.05, 4.69) is 5.10 Å². The van der Waals surface area contributed by atoms with Crippen LogP contribution in [0.4, 0.5) is 26.3 Å². The largest absolute Gasteiger partial charge is 0.507 e. The number of alkyl halides is 6. The molecule has 2 N–H and O–H groups in total. The summed E-state index contributed by atoms with van der Waals surface area (Å²) in [5.41, 5.74) is -3.08. The van der Waals surface area contributed by atoms with Crippen LogP contribution >= 0.6 is 0 Å². The van der Waals surface area contributed by atoms with Crippen LogP contribution in [-0.4, -0.2) is 26.0 Å². The first-order valence-corrected chi connectivity index (χ1v) is 7.79. The summed E-state index contributed by atoms with van der Waals surface area (Å²) in [4.78, 5) is 11.0. The molecule has 0 amide bonds. The molecule has 3 aromatic rings. The molecule has 0 saturated carbocycles. The minimum Gasteiger partial charge on any atom is -0.507 e. The fourth-order valence-electron chi connectivity index (χ4n) is 2.58. The number of aromatic hydroxyl groups is 1. The van der Waals surface area contributed by atoms with Gasteiger partial charge in [-0.3, -0.25) is 0 Å². The molecule has 0 unspecified atom stereocenters. The number of aromatic carboxylic acids is 1. The molecule has 5 nitrogen and oxygen atoms in total. The van der Waals surface area contributed by atoms with Gasteiger partial charge in [0.05, 0.1) is 16.9 Å². The third-order valence-corrected chi connectivity index (χ3v) is 3.96. The van der Waals surface area contributed by atoms with E-state index in [-0.39, 0.29) is 16.9 Å². The first-order valence-electron chi connectivity index (χ1n) is 7.79. The molecule has 11 heteroatoms. The Kier molecular flexibility index (Phi) is 4.77. The molecule has 3 rings (SSSR count). The van der Waals surface area contributed by atoms with E-state index in [1.165, 1.54) is 0 Å². The lowest BCUT2D eigenvalue weighted by atomic mass is 10.1. The average Bonchev–Trinajstić information content (AvgIpc) is 3.06. The average molecular weight is 416 g/mol. The van der Waals surface area contributed by atoms with Crippen molar-refractivity contribution in [3.63, 3.8) is 0 Å². The molecule has 2 aromatic carbocycles. The molecule has 0 aliphatic carbocycles. The lowest BCUT2D eigenvalue weighted by Gasteiger charge is -2.11. The highest BCUT2D eigenvalue weighted by Gasteiger charge is 2.36. The maximum absolute atomic E-state index is 13.1. The van der Waals surface area contributed by atoms with Crippen LogP contribution in [0.1, 0.15) is 21.6 Å². The van der Waals surface area contributed by atoms with E-state index in [0.29, 0.717) is 18.2 Å². The van der Waals surface area contributed by atoms with Crippen molar-refractivity contribution in [1.82, 2.24) is 9.78 Å².